The summed E-state index contributed by atoms with van der Waals surface area (Å²) in [6.07, 6.45) is 0. The molecule has 33 heavy (non-hydrogen) atoms. The number of carbonyl (C=O) groups is 3. The summed E-state index contributed by atoms with van der Waals surface area (Å²) >= 11 is 1.97. The summed E-state index contributed by atoms with van der Waals surface area (Å²) in [6.45, 7) is -0.321. The molecule has 3 heterocycles. The van der Waals surface area contributed by atoms with Crippen LogP contribution in [0.3, 0.4) is 0 Å². The number of nitrogens with one attached hydrogen (secondary N) is 2. The quantitative estimate of drug-likeness (QED) is 0.552. The second-order valence-electron chi connectivity index (χ2n) is 7.63. The average Bonchev–Trinajstić information content (AvgIpc) is 3.24. The first-order valence-corrected chi connectivity index (χ1v) is 11.6. The maximum absolute atomic E-state index is 13.5. The molecule has 2 N–H and O–H groups in total. The fourth-order valence-corrected chi connectivity index (χ4v) is 6.82. The van der Waals surface area contributed by atoms with E-state index in [4.69, 9.17) is 0 Å². The first-order valence-electron chi connectivity index (χ1n) is 9.87. The SMILES string of the molecule is O=C(Cn1c2c(sc1=O)[C@@H](c1ccc(F)cc1)C1C(=O)NC(=O)C1S2)Nc1ccc(F)cc1. The average molecular weight is 488 g/mol. The molecule has 0 aliphatic carbocycles. The van der Waals surface area contributed by atoms with Crippen molar-refractivity contribution >= 4 is 46.5 Å². The molecule has 2 aromatic carbocycles. The van der Waals surface area contributed by atoms with Crippen LogP contribution in [0.1, 0.15) is 16.4 Å². The van der Waals surface area contributed by atoms with E-state index in [-0.39, 0.29) is 6.54 Å². The zero-order valence-electron chi connectivity index (χ0n) is 16.7. The van der Waals surface area contributed by atoms with Crippen molar-refractivity contribution in [3.63, 3.8) is 0 Å². The molecule has 1 aromatic heterocycles. The number of hydrogen-bond acceptors (Lipinski definition) is 6. The van der Waals surface area contributed by atoms with Gasteiger partial charge < -0.3 is 5.32 Å². The van der Waals surface area contributed by atoms with Crippen LogP contribution in [-0.2, 0) is 20.9 Å². The van der Waals surface area contributed by atoms with E-state index in [1.54, 1.807) is 0 Å². The number of nitrogens with zero attached hydrogens (tertiary/aromatic N) is 1. The van der Waals surface area contributed by atoms with Crippen molar-refractivity contribution in [2.24, 2.45) is 5.92 Å². The van der Waals surface area contributed by atoms with Crippen molar-refractivity contribution in [1.82, 2.24) is 9.88 Å². The standard InChI is InChI=1S/C22H15F2N3O4S2/c23-11-3-1-10(2-4-11)15-16-17(20(30)26-19(16)29)32-21-18(15)33-22(31)27(21)9-14(28)25-13-7-5-12(24)6-8-13/h1-8,15-17H,9H2,(H,25,28)(H,26,29,30)/t15-,16?,17?/m0/s1. The van der Waals surface area contributed by atoms with E-state index in [0.717, 1.165) is 23.1 Å². The molecular weight excluding hydrogens is 472 g/mol. The van der Waals surface area contributed by atoms with Gasteiger partial charge in [0, 0.05) is 16.5 Å². The molecule has 3 atom stereocenters. The summed E-state index contributed by atoms with van der Waals surface area (Å²) in [5.41, 5.74) is 0.971. The number of thioether (sulfide) groups is 1. The fraction of sp³-hybridized carbons (Fsp3) is 0.182. The Hall–Kier alpha value is -3.31. The Labute approximate surface area is 193 Å². The van der Waals surface area contributed by atoms with E-state index in [2.05, 4.69) is 10.6 Å². The molecule has 1 saturated heterocycles. The number of benzene rings is 2. The van der Waals surface area contributed by atoms with Crippen LogP contribution in [0.15, 0.2) is 58.4 Å². The summed E-state index contributed by atoms with van der Waals surface area (Å²) < 4.78 is 27.9. The van der Waals surface area contributed by atoms with Gasteiger partial charge in [-0.3, -0.25) is 29.1 Å². The fourth-order valence-electron chi connectivity index (χ4n) is 4.08. The van der Waals surface area contributed by atoms with E-state index >= 15 is 0 Å². The van der Waals surface area contributed by atoms with Gasteiger partial charge in [-0.2, -0.15) is 0 Å². The maximum Gasteiger partial charge on any atom is 0.308 e. The number of amides is 3. The predicted octanol–water partition coefficient (Wildman–Crippen LogP) is 2.71. The topological polar surface area (TPSA) is 97.3 Å². The summed E-state index contributed by atoms with van der Waals surface area (Å²) in [4.78, 5) is 50.6. The highest BCUT2D eigenvalue weighted by atomic mass is 32.2. The zero-order chi connectivity index (χ0) is 23.3. The Bertz CT molecular complexity index is 1340. The van der Waals surface area contributed by atoms with E-state index < -0.39 is 51.3 Å². The van der Waals surface area contributed by atoms with Gasteiger partial charge in [0.1, 0.15) is 23.4 Å². The lowest BCUT2D eigenvalue weighted by Gasteiger charge is -2.30. The molecule has 3 aromatic rings. The number of fused-ring (bicyclic) bond motifs is 2. The lowest BCUT2D eigenvalue weighted by atomic mass is 9.83. The molecule has 2 unspecified atom stereocenters. The van der Waals surface area contributed by atoms with Gasteiger partial charge in [0.2, 0.25) is 17.7 Å². The van der Waals surface area contributed by atoms with E-state index in [1.807, 2.05) is 0 Å². The number of hydrogen-bond donors (Lipinski definition) is 2. The monoisotopic (exact) mass is 487 g/mol. The van der Waals surface area contributed by atoms with Crippen molar-refractivity contribution in [3.8, 4) is 0 Å². The lowest BCUT2D eigenvalue weighted by molar-refractivity contribution is -0.126. The second-order valence-corrected chi connectivity index (χ2v) is 9.75. The van der Waals surface area contributed by atoms with Crippen molar-refractivity contribution < 1.29 is 23.2 Å². The van der Waals surface area contributed by atoms with Gasteiger partial charge >= 0.3 is 4.87 Å². The predicted molar refractivity (Wildman–Crippen MR) is 118 cm³/mol. The van der Waals surface area contributed by atoms with Crippen molar-refractivity contribution in [2.45, 2.75) is 22.7 Å². The third kappa shape index (κ3) is 3.87. The maximum atomic E-state index is 13.5. The van der Waals surface area contributed by atoms with E-state index in [1.165, 1.54) is 53.1 Å². The Morgan fingerprint density at radius 3 is 2.27 bits per heavy atom. The minimum absolute atomic E-state index is 0.321. The highest BCUT2D eigenvalue weighted by Crippen LogP contribution is 2.51. The summed E-state index contributed by atoms with van der Waals surface area (Å²) in [5.74, 6) is -3.68. The van der Waals surface area contributed by atoms with Gasteiger partial charge in [0.05, 0.1) is 10.9 Å². The highest BCUT2D eigenvalue weighted by Gasteiger charge is 2.52. The molecule has 5 rings (SSSR count). The van der Waals surface area contributed by atoms with Crippen molar-refractivity contribution in [1.29, 1.82) is 0 Å². The van der Waals surface area contributed by atoms with Crippen LogP contribution in [-0.4, -0.2) is 27.5 Å². The summed E-state index contributed by atoms with van der Waals surface area (Å²) in [5, 5.41) is 4.60. The number of thiazole rings is 1. The molecule has 0 saturated carbocycles. The van der Waals surface area contributed by atoms with Crippen LogP contribution in [0.25, 0.3) is 0 Å². The number of anilines is 1. The van der Waals surface area contributed by atoms with Crippen LogP contribution in [0.5, 0.6) is 0 Å². The molecule has 1 fully saturated rings. The largest absolute Gasteiger partial charge is 0.325 e. The van der Waals surface area contributed by atoms with Crippen LogP contribution in [0.4, 0.5) is 14.5 Å². The zero-order valence-corrected chi connectivity index (χ0v) is 18.3. The Morgan fingerprint density at radius 2 is 1.61 bits per heavy atom. The van der Waals surface area contributed by atoms with Crippen molar-refractivity contribution in [2.75, 3.05) is 5.32 Å². The smallest absolute Gasteiger partial charge is 0.308 e. The number of aromatic nitrogens is 1. The third-order valence-corrected chi connectivity index (χ3v) is 8.16. The Morgan fingerprint density at radius 1 is 0.970 bits per heavy atom. The second kappa shape index (κ2) is 8.23. The minimum Gasteiger partial charge on any atom is -0.325 e. The van der Waals surface area contributed by atoms with Gasteiger partial charge in [-0.05, 0) is 42.0 Å². The molecule has 0 bridgehead atoms. The van der Waals surface area contributed by atoms with E-state index in [9.17, 15) is 28.0 Å². The molecule has 168 valence electrons. The first-order chi connectivity index (χ1) is 15.8. The van der Waals surface area contributed by atoms with Gasteiger partial charge in [0.25, 0.3) is 0 Å². The summed E-state index contributed by atoms with van der Waals surface area (Å²) in [7, 11) is 0. The van der Waals surface area contributed by atoms with Crippen LogP contribution in [0, 0.1) is 17.6 Å². The van der Waals surface area contributed by atoms with E-state index in [0.29, 0.717) is 21.2 Å². The molecule has 0 spiro atoms. The molecule has 11 heteroatoms. The van der Waals surface area contributed by atoms with Gasteiger partial charge in [-0.25, -0.2) is 8.78 Å². The molecule has 2 aliphatic heterocycles. The number of carbonyl (C=O) groups excluding carboxylic acids is 3. The Kier molecular flexibility index (Phi) is 5.37. The van der Waals surface area contributed by atoms with Crippen molar-refractivity contribution in [3.05, 3.63) is 80.3 Å². The minimum atomic E-state index is -0.777. The number of rotatable bonds is 4. The van der Waals surface area contributed by atoms with Gasteiger partial charge in [-0.15, -0.1) is 0 Å². The lowest BCUT2D eigenvalue weighted by Crippen LogP contribution is -2.32. The highest BCUT2D eigenvalue weighted by molar-refractivity contribution is 8.00. The van der Waals surface area contributed by atoms with Gasteiger partial charge in [-0.1, -0.05) is 35.2 Å². The Balaban J connectivity index is 1.52. The number of imide groups is 1. The molecule has 2 aliphatic rings. The first kappa shape index (κ1) is 21.5. The van der Waals surface area contributed by atoms with Crippen LogP contribution in [0.2, 0.25) is 0 Å². The molecule has 3 amide bonds. The van der Waals surface area contributed by atoms with Gasteiger partial charge in [0.15, 0.2) is 0 Å². The third-order valence-electron chi connectivity index (χ3n) is 5.55. The normalized spacial score (nSPS) is 21.3. The molecule has 7 nitrogen and oxygen atoms in total. The van der Waals surface area contributed by atoms with Crippen LogP contribution < -0.4 is 15.5 Å². The molecule has 0 radical (unpaired) electrons. The van der Waals surface area contributed by atoms with Crippen LogP contribution >= 0.6 is 23.1 Å². The summed E-state index contributed by atoms with van der Waals surface area (Å²) in [6, 6.07) is 10.8. The molecular formula is C22H15F2N3O4S2. The number of halogens is 2.